The van der Waals surface area contributed by atoms with Crippen molar-refractivity contribution in [2.24, 2.45) is 0 Å². The smallest absolute Gasteiger partial charge is 0.267 e. The van der Waals surface area contributed by atoms with E-state index in [-0.39, 0.29) is 17.1 Å². The lowest BCUT2D eigenvalue weighted by Gasteiger charge is -2.12. The molecular formula is C24H25N3O3S2. The largest absolute Gasteiger partial charge is 0.385 e. The lowest BCUT2D eigenvalue weighted by atomic mass is 10.2. The van der Waals surface area contributed by atoms with Gasteiger partial charge in [0.25, 0.3) is 5.56 Å². The maximum Gasteiger partial charge on any atom is 0.267 e. The molecule has 0 unspecified atom stereocenters. The normalized spacial score (nSPS) is 11.3. The lowest BCUT2D eigenvalue weighted by molar-refractivity contribution is 0.102. The molecule has 0 N–H and O–H groups in total. The Morgan fingerprint density at radius 2 is 1.97 bits per heavy atom. The first kappa shape index (κ1) is 22.5. The van der Waals surface area contributed by atoms with E-state index in [1.165, 1.54) is 23.1 Å². The number of thiophene rings is 1. The summed E-state index contributed by atoms with van der Waals surface area (Å²) in [6.07, 6.45) is 0.892. The predicted molar refractivity (Wildman–Crippen MR) is 131 cm³/mol. The monoisotopic (exact) mass is 467 g/mol. The van der Waals surface area contributed by atoms with Crippen LogP contribution in [0.15, 0.2) is 57.8 Å². The van der Waals surface area contributed by atoms with Crippen molar-refractivity contribution in [3.63, 3.8) is 0 Å². The number of carbonyl (C=O) groups excluding carboxylic acids is 1. The Hall–Kier alpha value is -2.68. The van der Waals surface area contributed by atoms with Gasteiger partial charge in [-0.25, -0.2) is 4.98 Å². The SMILES string of the molecule is COCCCn1c(C)cc(C(=O)CSc2nc3sccc3c(=O)n2-c2ccccc2)c1C. The van der Waals surface area contributed by atoms with Crippen LogP contribution in [-0.2, 0) is 11.3 Å². The molecule has 4 rings (SSSR count). The maximum atomic E-state index is 13.2. The Kier molecular flexibility index (Phi) is 6.93. The van der Waals surface area contributed by atoms with E-state index in [9.17, 15) is 9.59 Å². The molecule has 0 bridgehead atoms. The predicted octanol–water partition coefficient (Wildman–Crippen LogP) is 4.88. The molecule has 4 aromatic rings. The van der Waals surface area contributed by atoms with Crippen molar-refractivity contribution in [2.75, 3.05) is 19.5 Å². The van der Waals surface area contributed by atoms with Crippen molar-refractivity contribution < 1.29 is 9.53 Å². The van der Waals surface area contributed by atoms with Crippen LogP contribution in [0, 0.1) is 13.8 Å². The molecule has 0 aliphatic carbocycles. The van der Waals surface area contributed by atoms with Crippen LogP contribution in [0.1, 0.15) is 28.2 Å². The minimum absolute atomic E-state index is 0.0289. The molecule has 3 aromatic heterocycles. The topological polar surface area (TPSA) is 66.1 Å². The zero-order chi connectivity index (χ0) is 22.7. The van der Waals surface area contributed by atoms with Crippen molar-refractivity contribution in [2.45, 2.75) is 32.0 Å². The van der Waals surface area contributed by atoms with Crippen molar-refractivity contribution in [1.82, 2.24) is 14.1 Å². The summed E-state index contributed by atoms with van der Waals surface area (Å²) in [7, 11) is 1.69. The van der Waals surface area contributed by atoms with Crippen LogP contribution in [0.5, 0.6) is 0 Å². The maximum absolute atomic E-state index is 13.2. The molecule has 6 nitrogen and oxygen atoms in total. The highest BCUT2D eigenvalue weighted by Crippen LogP contribution is 2.25. The van der Waals surface area contributed by atoms with Crippen molar-refractivity contribution in [3.05, 3.63) is 75.1 Å². The molecule has 0 atom stereocenters. The fourth-order valence-electron chi connectivity index (χ4n) is 3.80. The molecule has 0 saturated heterocycles. The molecular weight excluding hydrogens is 442 g/mol. The number of thioether (sulfide) groups is 1. The Labute approximate surface area is 194 Å². The molecule has 8 heteroatoms. The standard InChI is InChI=1S/C24H25N3O3S2/c1-16-14-20(17(2)26(16)11-7-12-30-3)21(28)15-32-24-25-22-19(10-13-31-22)23(29)27(24)18-8-5-4-6-9-18/h4-6,8-10,13-14H,7,11-12,15H2,1-3H3. The lowest BCUT2D eigenvalue weighted by Crippen LogP contribution is -2.21. The number of ether oxygens (including phenoxy) is 1. The van der Waals surface area contributed by atoms with Crippen molar-refractivity contribution in [1.29, 1.82) is 0 Å². The molecule has 0 spiro atoms. The number of methoxy groups -OCH3 is 1. The number of hydrogen-bond donors (Lipinski definition) is 0. The fraction of sp³-hybridized carbons (Fsp3) is 0.292. The van der Waals surface area contributed by atoms with Crippen LogP contribution in [0.25, 0.3) is 15.9 Å². The van der Waals surface area contributed by atoms with E-state index in [1.807, 2.05) is 55.6 Å². The van der Waals surface area contributed by atoms with E-state index in [0.29, 0.717) is 22.0 Å². The van der Waals surface area contributed by atoms with Gasteiger partial charge in [0, 0.05) is 37.2 Å². The number of ketones is 1. The number of hydrogen-bond acceptors (Lipinski definition) is 6. The van der Waals surface area contributed by atoms with Gasteiger partial charge in [-0.3, -0.25) is 14.2 Å². The molecule has 32 heavy (non-hydrogen) atoms. The van der Waals surface area contributed by atoms with Crippen molar-refractivity contribution in [3.8, 4) is 5.69 Å². The minimum atomic E-state index is -0.117. The molecule has 0 aliphatic heterocycles. The summed E-state index contributed by atoms with van der Waals surface area (Å²) in [5.41, 5.74) is 3.37. The molecule has 0 radical (unpaired) electrons. The molecule has 166 valence electrons. The van der Waals surface area contributed by atoms with Gasteiger partial charge in [0.05, 0.1) is 16.8 Å². The summed E-state index contributed by atoms with van der Waals surface area (Å²) >= 11 is 2.73. The second kappa shape index (κ2) is 9.85. The summed E-state index contributed by atoms with van der Waals surface area (Å²) in [6.45, 7) is 5.50. The van der Waals surface area contributed by atoms with Gasteiger partial charge in [-0.1, -0.05) is 30.0 Å². The number of aryl methyl sites for hydroxylation is 1. The van der Waals surface area contributed by atoms with Crippen LogP contribution in [-0.4, -0.2) is 39.4 Å². The third-order valence-electron chi connectivity index (χ3n) is 5.42. The van der Waals surface area contributed by atoms with E-state index in [4.69, 9.17) is 9.72 Å². The summed E-state index contributed by atoms with van der Waals surface area (Å²) < 4.78 is 8.91. The summed E-state index contributed by atoms with van der Waals surface area (Å²) in [5, 5.41) is 2.99. The van der Waals surface area contributed by atoms with Crippen LogP contribution >= 0.6 is 23.1 Å². The molecule has 0 aliphatic rings. The van der Waals surface area contributed by atoms with Gasteiger partial charge in [-0.05, 0) is 49.9 Å². The van der Waals surface area contributed by atoms with E-state index in [2.05, 4.69) is 4.57 Å². The third-order valence-corrected chi connectivity index (χ3v) is 7.16. The molecule has 1 aromatic carbocycles. The summed E-state index contributed by atoms with van der Waals surface area (Å²) in [4.78, 5) is 31.7. The Morgan fingerprint density at radius 1 is 1.19 bits per heavy atom. The highest BCUT2D eigenvalue weighted by atomic mass is 32.2. The quantitative estimate of drug-likeness (QED) is 0.152. The van der Waals surface area contributed by atoms with Gasteiger partial charge >= 0.3 is 0 Å². The van der Waals surface area contributed by atoms with E-state index in [0.717, 1.165) is 35.6 Å². The first-order chi connectivity index (χ1) is 15.5. The van der Waals surface area contributed by atoms with Crippen LogP contribution in [0.2, 0.25) is 0 Å². The van der Waals surface area contributed by atoms with Gasteiger partial charge in [-0.2, -0.15) is 0 Å². The van der Waals surface area contributed by atoms with Crippen LogP contribution in [0.3, 0.4) is 0 Å². The average Bonchev–Trinajstić information content (AvgIpc) is 3.38. The number of carbonyl (C=O) groups is 1. The van der Waals surface area contributed by atoms with Gasteiger partial charge < -0.3 is 9.30 Å². The number of benzene rings is 1. The minimum Gasteiger partial charge on any atom is -0.385 e. The second-order valence-corrected chi connectivity index (χ2v) is 9.34. The van der Waals surface area contributed by atoms with Crippen LogP contribution < -0.4 is 5.56 Å². The van der Waals surface area contributed by atoms with Crippen LogP contribution in [0.4, 0.5) is 0 Å². The number of aromatic nitrogens is 3. The molecule has 0 fully saturated rings. The van der Waals surface area contributed by atoms with E-state index < -0.39 is 0 Å². The number of rotatable bonds is 9. The Bertz CT molecular complexity index is 1310. The first-order valence-corrected chi connectivity index (χ1v) is 12.2. The third kappa shape index (κ3) is 4.44. The second-order valence-electron chi connectivity index (χ2n) is 7.50. The molecule has 0 saturated carbocycles. The number of Topliss-reactive ketones (excluding diaryl/α,β-unsaturated/α-hetero) is 1. The van der Waals surface area contributed by atoms with E-state index in [1.54, 1.807) is 17.7 Å². The number of fused-ring (bicyclic) bond motifs is 1. The Balaban J connectivity index is 1.62. The summed E-state index contributed by atoms with van der Waals surface area (Å²) in [6, 6.07) is 13.2. The molecule has 3 heterocycles. The fourth-order valence-corrected chi connectivity index (χ4v) is 5.50. The van der Waals surface area contributed by atoms with Gasteiger partial charge in [0.15, 0.2) is 10.9 Å². The van der Waals surface area contributed by atoms with Crippen molar-refractivity contribution >= 4 is 39.1 Å². The zero-order valence-corrected chi connectivity index (χ0v) is 20.0. The number of nitrogens with zero attached hydrogens (tertiary/aromatic N) is 3. The average molecular weight is 468 g/mol. The molecule has 0 amide bonds. The van der Waals surface area contributed by atoms with Gasteiger partial charge in [0.1, 0.15) is 4.83 Å². The summed E-state index contributed by atoms with van der Waals surface area (Å²) in [5.74, 6) is 0.236. The highest BCUT2D eigenvalue weighted by Gasteiger charge is 2.19. The van der Waals surface area contributed by atoms with Gasteiger partial charge in [0.2, 0.25) is 0 Å². The highest BCUT2D eigenvalue weighted by molar-refractivity contribution is 7.99. The van der Waals surface area contributed by atoms with Gasteiger partial charge in [-0.15, -0.1) is 11.3 Å². The van der Waals surface area contributed by atoms with E-state index >= 15 is 0 Å². The zero-order valence-electron chi connectivity index (χ0n) is 18.3. The first-order valence-electron chi connectivity index (χ1n) is 10.4. The number of para-hydroxylation sites is 1. The Morgan fingerprint density at radius 3 is 2.72 bits per heavy atom.